The summed E-state index contributed by atoms with van der Waals surface area (Å²) >= 11 is 0. The number of aromatic amines is 2. The quantitative estimate of drug-likeness (QED) is 0.170. The molecule has 3 amide bonds. The molecular weight excluding hydrogens is 490 g/mol. The van der Waals surface area contributed by atoms with Crippen LogP contribution in [0.3, 0.4) is 0 Å². The number of aromatic nitrogens is 3. The molecule has 3 aromatic rings. The van der Waals surface area contributed by atoms with Crippen molar-refractivity contribution >= 4 is 34.6 Å². The molecule has 12 nitrogen and oxygen atoms in total. The van der Waals surface area contributed by atoms with Gasteiger partial charge in [0.05, 0.1) is 12.4 Å². The van der Waals surface area contributed by atoms with Crippen molar-refractivity contribution < 1.29 is 24.3 Å². The van der Waals surface area contributed by atoms with Crippen molar-refractivity contribution in [2.24, 2.45) is 11.7 Å². The van der Waals surface area contributed by atoms with E-state index in [0.29, 0.717) is 12.1 Å². The lowest BCUT2D eigenvalue weighted by Crippen LogP contribution is -2.59. The molecule has 1 aromatic carbocycles. The minimum Gasteiger partial charge on any atom is -0.480 e. The molecule has 0 bridgehead atoms. The van der Waals surface area contributed by atoms with Gasteiger partial charge >= 0.3 is 5.97 Å². The third-order valence-corrected chi connectivity index (χ3v) is 6.53. The molecule has 12 heteroatoms. The van der Waals surface area contributed by atoms with E-state index >= 15 is 0 Å². The number of benzene rings is 1. The Kier molecular flexibility index (Phi) is 9.61. The number of para-hydroxylation sites is 1. The third kappa shape index (κ3) is 7.19. The molecule has 2 aromatic heterocycles. The molecule has 0 spiro atoms. The van der Waals surface area contributed by atoms with E-state index in [2.05, 4.69) is 30.9 Å². The van der Waals surface area contributed by atoms with E-state index in [9.17, 15) is 24.3 Å². The number of imidazole rings is 1. The van der Waals surface area contributed by atoms with Crippen LogP contribution in [0, 0.1) is 5.92 Å². The lowest BCUT2D eigenvalue weighted by Gasteiger charge is -2.28. The number of nitrogens with zero attached hydrogens (tertiary/aromatic N) is 1. The summed E-state index contributed by atoms with van der Waals surface area (Å²) < 4.78 is 0. The number of carboxylic acids is 1. The number of fused-ring (bicyclic) bond motifs is 1. The Balaban J connectivity index is 1.77. The van der Waals surface area contributed by atoms with Crippen molar-refractivity contribution in [1.29, 1.82) is 0 Å². The first kappa shape index (κ1) is 28.4. The Morgan fingerprint density at radius 3 is 2.32 bits per heavy atom. The second-order valence-corrected chi connectivity index (χ2v) is 9.47. The van der Waals surface area contributed by atoms with Crippen LogP contribution in [0.2, 0.25) is 0 Å². The number of amides is 3. The predicted molar refractivity (Wildman–Crippen MR) is 141 cm³/mol. The Hall–Kier alpha value is -4.19. The molecule has 0 radical (unpaired) electrons. The molecule has 0 saturated carbocycles. The average Bonchev–Trinajstić information content (AvgIpc) is 3.55. The monoisotopic (exact) mass is 525 g/mol. The molecule has 5 unspecified atom stereocenters. The van der Waals surface area contributed by atoms with Gasteiger partial charge in [0.25, 0.3) is 0 Å². The maximum absolute atomic E-state index is 13.3. The summed E-state index contributed by atoms with van der Waals surface area (Å²) in [5.74, 6) is -3.27. The van der Waals surface area contributed by atoms with Crippen LogP contribution in [0.5, 0.6) is 0 Å². The molecule has 3 rings (SSSR count). The van der Waals surface area contributed by atoms with Crippen LogP contribution in [-0.4, -0.2) is 67.9 Å². The summed E-state index contributed by atoms with van der Waals surface area (Å²) in [5.41, 5.74) is 7.87. The molecule has 38 heavy (non-hydrogen) atoms. The Bertz CT molecular complexity index is 1250. The van der Waals surface area contributed by atoms with Crippen molar-refractivity contribution in [3.63, 3.8) is 0 Å². The SMILES string of the molecule is CCC(C)C(NC(=O)C(Cc1cnc[nH]1)NC(=O)C(C)N)C(=O)NC(Cc1c[nH]c2ccccc12)C(=O)O. The molecule has 2 heterocycles. The normalized spacial score (nSPS) is 15.2. The van der Waals surface area contributed by atoms with Crippen molar-refractivity contribution in [1.82, 2.24) is 30.9 Å². The number of nitrogens with one attached hydrogen (secondary N) is 5. The highest BCUT2D eigenvalue weighted by Crippen LogP contribution is 2.19. The van der Waals surface area contributed by atoms with Crippen LogP contribution in [-0.2, 0) is 32.0 Å². The molecule has 0 aliphatic carbocycles. The zero-order valence-electron chi connectivity index (χ0n) is 21.7. The van der Waals surface area contributed by atoms with Gasteiger partial charge in [-0.2, -0.15) is 0 Å². The lowest BCUT2D eigenvalue weighted by molar-refractivity contribution is -0.142. The van der Waals surface area contributed by atoms with Crippen LogP contribution >= 0.6 is 0 Å². The standard InChI is InChI=1S/C26H35N7O5/c1-4-14(2)22(33-24(35)20(31-23(34)15(3)27)10-17-12-28-13-30-17)25(36)32-21(26(37)38)9-16-11-29-19-8-6-5-7-18(16)19/h5-8,11-15,20-22,29H,4,9-10,27H2,1-3H3,(H,28,30)(H,31,34)(H,32,36)(H,33,35)(H,37,38). The molecule has 0 aliphatic rings. The summed E-state index contributed by atoms with van der Waals surface area (Å²) in [7, 11) is 0. The van der Waals surface area contributed by atoms with Crippen LogP contribution in [0.25, 0.3) is 10.9 Å². The van der Waals surface area contributed by atoms with Crippen LogP contribution in [0.15, 0.2) is 43.0 Å². The summed E-state index contributed by atoms with van der Waals surface area (Å²) in [6, 6.07) is 3.35. The first-order chi connectivity index (χ1) is 18.1. The van der Waals surface area contributed by atoms with E-state index in [-0.39, 0.29) is 18.8 Å². The van der Waals surface area contributed by atoms with Gasteiger partial charge in [-0.05, 0) is 24.5 Å². The van der Waals surface area contributed by atoms with Gasteiger partial charge in [-0.25, -0.2) is 9.78 Å². The number of H-pyrrole nitrogens is 2. The van der Waals surface area contributed by atoms with Crippen LogP contribution in [0.1, 0.15) is 38.4 Å². The highest BCUT2D eigenvalue weighted by Gasteiger charge is 2.33. The van der Waals surface area contributed by atoms with Crippen LogP contribution in [0.4, 0.5) is 0 Å². The van der Waals surface area contributed by atoms with Crippen molar-refractivity contribution in [2.45, 2.75) is 64.2 Å². The minimum absolute atomic E-state index is 0.0547. The lowest BCUT2D eigenvalue weighted by atomic mass is 9.96. The third-order valence-electron chi connectivity index (χ3n) is 6.53. The average molecular weight is 526 g/mol. The molecule has 5 atom stereocenters. The van der Waals surface area contributed by atoms with Gasteiger partial charge in [0.1, 0.15) is 18.1 Å². The summed E-state index contributed by atoms with van der Waals surface area (Å²) in [6.07, 6.45) is 5.39. The van der Waals surface area contributed by atoms with E-state index in [0.717, 1.165) is 16.5 Å². The van der Waals surface area contributed by atoms with E-state index in [1.165, 1.54) is 19.4 Å². The smallest absolute Gasteiger partial charge is 0.326 e. The zero-order chi connectivity index (χ0) is 27.8. The van der Waals surface area contributed by atoms with Gasteiger partial charge in [-0.1, -0.05) is 38.5 Å². The number of hydrogen-bond acceptors (Lipinski definition) is 6. The van der Waals surface area contributed by atoms with Gasteiger partial charge in [0, 0.05) is 41.8 Å². The fourth-order valence-electron chi connectivity index (χ4n) is 4.07. The Labute approximate surface area is 220 Å². The molecule has 204 valence electrons. The minimum atomic E-state index is -1.22. The second kappa shape index (κ2) is 12.9. The van der Waals surface area contributed by atoms with Crippen molar-refractivity contribution in [2.75, 3.05) is 0 Å². The van der Waals surface area contributed by atoms with Crippen molar-refractivity contribution in [3.8, 4) is 0 Å². The van der Waals surface area contributed by atoms with Gasteiger partial charge in [-0.3, -0.25) is 14.4 Å². The number of aliphatic carboxylic acids is 1. The van der Waals surface area contributed by atoms with Crippen molar-refractivity contribution in [3.05, 3.63) is 54.2 Å². The second-order valence-electron chi connectivity index (χ2n) is 9.47. The van der Waals surface area contributed by atoms with Gasteiger partial charge in [0.2, 0.25) is 17.7 Å². The number of nitrogens with two attached hydrogens (primary N) is 1. The van der Waals surface area contributed by atoms with E-state index < -0.39 is 47.9 Å². The number of rotatable bonds is 13. The highest BCUT2D eigenvalue weighted by atomic mass is 16.4. The summed E-state index contributed by atoms with van der Waals surface area (Å²) in [5, 5.41) is 18.6. The Morgan fingerprint density at radius 1 is 0.974 bits per heavy atom. The molecule has 0 saturated heterocycles. The summed E-state index contributed by atoms with van der Waals surface area (Å²) in [6.45, 7) is 5.14. The topological polar surface area (TPSA) is 195 Å². The summed E-state index contributed by atoms with van der Waals surface area (Å²) in [4.78, 5) is 60.9. The maximum atomic E-state index is 13.3. The molecule has 8 N–H and O–H groups in total. The number of carboxylic acid groups (broad SMARTS) is 1. The maximum Gasteiger partial charge on any atom is 0.326 e. The van der Waals surface area contributed by atoms with Crippen LogP contribution < -0.4 is 21.7 Å². The van der Waals surface area contributed by atoms with Gasteiger partial charge in [-0.15, -0.1) is 0 Å². The molecular formula is C26H35N7O5. The zero-order valence-corrected chi connectivity index (χ0v) is 21.7. The Morgan fingerprint density at radius 2 is 1.68 bits per heavy atom. The number of carbonyl (C=O) groups is 4. The first-order valence-corrected chi connectivity index (χ1v) is 12.5. The predicted octanol–water partition coefficient (Wildman–Crippen LogP) is 0.609. The highest BCUT2D eigenvalue weighted by molar-refractivity contribution is 5.94. The fourth-order valence-corrected chi connectivity index (χ4v) is 4.07. The largest absolute Gasteiger partial charge is 0.480 e. The van der Waals surface area contributed by atoms with E-state index in [1.807, 2.05) is 31.2 Å². The molecule has 0 aliphatic heterocycles. The van der Waals surface area contributed by atoms with E-state index in [4.69, 9.17) is 5.73 Å². The first-order valence-electron chi connectivity index (χ1n) is 12.5. The fraction of sp³-hybridized carbons (Fsp3) is 0.423. The number of carbonyl (C=O) groups excluding carboxylic acids is 3. The van der Waals surface area contributed by atoms with Gasteiger partial charge in [0.15, 0.2) is 0 Å². The van der Waals surface area contributed by atoms with E-state index in [1.54, 1.807) is 13.1 Å². The number of hydrogen-bond donors (Lipinski definition) is 7. The van der Waals surface area contributed by atoms with Gasteiger partial charge < -0.3 is 36.8 Å². The molecule has 0 fully saturated rings.